The van der Waals surface area contributed by atoms with Gasteiger partial charge in [0.25, 0.3) is 0 Å². The van der Waals surface area contributed by atoms with Crippen LogP contribution in [0.3, 0.4) is 0 Å². The maximum Gasteiger partial charge on any atom is 0.231 e. The Morgan fingerprint density at radius 3 is 2.94 bits per heavy atom. The van der Waals surface area contributed by atoms with Gasteiger partial charge in [0, 0.05) is 12.5 Å². The summed E-state index contributed by atoms with van der Waals surface area (Å²) in [5.41, 5.74) is 6.17. The second-order valence-corrected chi connectivity index (χ2v) is 4.71. The summed E-state index contributed by atoms with van der Waals surface area (Å²) in [4.78, 5) is 4.46. The van der Waals surface area contributed by atoms with Crippen molar-refractivity contribution in [3.63, 3.8) is 0 Å². The van der Waals surface area contributed by atoms with Gasteiger partial charge in [-0.15, -0.1) is 0 Å². The Bertz CT molecular complexity index is 324. The molecule has 0 spiro atoms. The Morgan fingerprint density at radius 2 is 2.12 bits per heavy atom. The predicted molar refractivity (Wildman–Crippen MR) is 62.1 cm³/mol. The van der Waals surface area contributed by atoms with Crippen molar-refractivity contribution in [1.82, 2.24) is 10.1 Å². The van der Waals surface area contributed by atoms with E-state index in [0.717, 1.165) is 37.4 Å². The van der Waals surface area contributed by atoms with E-state index in [2.05, 4.69) is 17.1 Å². The number of rotatable bonds is 3. The minimum Gasteiger partial charge on any atom is -0.339 e. The maximum atomic E-state index is 6.17. The van der Waals surface area contributed by atoms with Crippen molar-refractivity contribution in [3.8, 4) is 0 Å². The summed E-state index contributed by atoms with van der Waals surface area (Å²) in [6.07, 6.45) is 7.85. The molecule has 1 heterocycles. The third kappa shape index (κ3) is 2.61. The fourth-order valence-electron chi connectivity index (χ4n) is 2.39. The largest absolute Gasteiger partial charge is 0.339 e. The van der Waals surface area contributed by atoms with Crippen molar-refractivity contribution in [2.75, 3.05) is 0 Å². The van der Waals surface area contributed by atoms with E-state index in [1.165, 1.54) is 19.3 Å². The molecular weight excluding hydrogens is 202 g/mol. The van der Waals surface area contributed by atoms with E-state index in [9.17, 15) is 0 Å². The molecule has 0 bridgehead atoms. The fraction of sp³-hybridized carbons (Fsp3) is 0.833. The summed E-state index contributed by atoms with van der Waals surface area (Å²) in [5.74, 6) is 1.87. The minimum absolute atomic E-state index is 0.192. The molecule has 4 heteroatoms. The van der Waals surface area contributed by atoms with Crippen LogP contribution in [0.15, 0.2) is 4.52 Å². The first-order valence-electron chi connectivity index (χ1n) is 6.39. The summed E-state index contributed by atoms with van der Waals surface area (Å²) < 4.78 is 5.34. The number of nitrogens with zero attached hydrogens (tertiary/aromatic N) is 2. The van der Waals surface area contributed by atoms with Crippen LogP contribution in [0.2, 0.25) is 0 Å². The number of nitrogens with two attached hydrogens (primary N) is 1. The van der Waals surface area contributed by atoms with Crippen molar-refractivity contribution >= 4 is 0 Å². The first-order valence-corrected chi connectivity index (χ1v) is 6.39. The Labute approximate surface area is 96.6 Å². The topological polar surface area (TPSA) is 64.9 Å². The maximum absolute atomic E-state index is 6.17. The Kier molecular flexibility index (Phi) is 3.93. The lowest BCUT2D eigenvalue weighted by Crippen LogP contribution is -2.27. The highest BCUT2D eigenvalue weighted by molar-refractivity contribution is 4.99. The number of aryl methyl sites for hydroxylation is 1. The van der Waals surface area contributed by atoms with Crippen molar-refractivity contribution in [2.24, 2.45) is 5.73 Å². The van der Waals surface area contributed by atoms with Gasteiger partial charge in [-0.1, -0.05) is 31.3 Å². The standard InChI is InChI=1S/C12H21N3O/c1-2-6-11-14-12(16-15-11)9-7-4-3-5-8-10(9)13/h9-10H,2-8,13H2,1H3. The highest BCUT2D eigenvalue weighted by Gasteiger charge is 2.26. The van der Waals surface area contributed by atoms with E-state index in [-0.39, 0.29) is 12.0 Å². The molecule has 16 heavy (non-hydrogen) atoms. The Hall–Kier alpha value is -0.900. The molecule has 2 N–H and O–H groups in total. The van der Waals surface area contributed by atoms with Gasteiger partial charge in [-0.25, -0.2) is 0 Å². The van der Waals surface area contributed by atoms with Crippen LogP contribution < -0.4 is 5.73 Å². The van der Waals surface area contributed by atoms with Crippen LogP contribution in [0.1, 0.15) is 63.1 Å². The summed E-state index contributed by atoms with van der Waals surface area (Å²) in [7, 11) is 0. The molecule has 0 radical (unpaired) electrons. The van der Waals surface area contributed by atoms with Crippen LogP contribution in [-0.4, -0.2) is 16.2 Å². The first-order chi connectivity index (χ1) is 7.81. The zero-order valence-corrected chi connectivity index (χ0v) is 9.98. The third-order valence-electron chi connectivity index (χ3n) is 3.34. The van der Waals surface area contributed by atoms with Crippen molar-refractivity contribution in [2.45, 2.75) is 63.8 Å². The zero-order chi connectivity index (χ0) is 11.4. The van der Waals surface area contributed by atoms with Crippen LogP contribution >= 0.6 is 0 Å². The average Bonchev–Trinajstić information content (AvgIpc) is 2.61. The van der Waals surface area contributed by atoms with Crippen LogP contribution in [0, 0.1) is 0 Å². The lowest BCUT2D eigenvalue weighted by Gasteiger charge is -2.16. The molecule has 1 aliphatic rings. The summed E-state index contributed by atoms with van der Waals surface area (Å²) >= 11 is 0. The van der Waals surface area contributed by atoms with E-state index in [1.807, 2.05) is 0 Å². The first kappa shape index (κ1) is 11.6. The summed E-state index contributed by atoms with van der Waals surface area (Å²) in [6.45, 7) is 2.12. The molecular formula is C12H21N3O. The highest BCUT2D eigenvalue weighted by Crippen LogP contribution is 2.29. The zero-order valence-electron chi connectivity index (χ0n) is 9.98. The molecule has 0 aromatic carbocycles. The van der Waals surface area contributed by atoms with Gasteiger partial charge < -0.3 is 10.3 Å². The normalized spacial score (nSPS) is 26.6. The van der Waals surface area contributed by atoms with E-state index in [0.29, 0.717) is 0 Å². The van der Waals surface area contributed by atoms with E-state index < -0.39 is 0 Å². The van der Waals surface area contributed by atoms with Gasteiger partial charge in [-0.05, 0) is 19.3 Å². The molecule has 1 saturated carbocycles. The molecule has 4 nitrogen and oxygen atoms in total. The molecule has 90 valence electrons. The lowest BCUT2D eigenvalue weighted by atomic mass is 9.95. The minimum atomic E-state index is 0.192. The summed E-state index contributed by atoms with van der Waals surface area (Å²) in [6, 6.07) is 0.192. The van der Waals surface area contributed by atoms with Crippen LogP contribution in [0.25, 0.3) is 0 Å². The van der Waals surface area contributed by atoms with Gasteiger partial charge in [0.05, 0.1) is 5.92 Å². The van der Waals surface area contributed by atoms with Gasteiger partial charge in [0.1, 0.15) is 0 Å². The molecule has 0 aliphatic heterocycles. The van der Waals surface area contributed by atoms with E-state index >= 15 is 0 Å². The van der Waals surface area contributed by atoms with Gasteiger partial charge in [-0.2, -0.15) is 4.98 Å². The van der Waals surface area contributed by atoms with Gasteiger partial charge in [-0.3, -0.25) is 0 Å². The number of aromatic nitrogens is 2. The molecule has 1 fully saturated rings. The predicted octanol–water partition coefficient (Wildman–Crippen LogP) is 2.40. The van der Waals surface area contributed by atoms with Crippen LogP contribution in [-0.2, 0) is 6.42 Å². The monoisotopic (exact) mass is 223 g/mol. The Morgan fingerprint density at radius 1 is 1.31 bits per heavy atom. The molecule has 2 rings (SSSR count). The van der Waals surface area contributed by atoms with Gasteiger partial charge in [0.2, 0.25) is 5.89 Å². The van der Waals surface area contributed by atoms with E-state index in [4.69, 9.17) is 10.3 Å². The average molecular weight is 223 g/mol. The molecule has 1 aromatic rings. The number of hydrogen-bond acceptors (Lipinski definition) is 4. The van der Waals surface area contributed by atoms with Gasteiger partial charge in [0.15, 0.2) is 5.82 Å². The molecule has 1 aliphatic carbocycles. The van der Waals surface area contributed by atoms with Crippen molar-refractivity contribution < 1.29 is 4.52 Å². The molecule has 0 amide bonds. The van der Waals surface area contributed by atoms with Gasteiger partial charge >= 0.3 is 0 Å². The van der Waals surface area contributed by atoms with Crippen molar-refractivity contribution in [1.29, 1.82) is 0 Å². The quantitative estimate of drug-likeness (QED) is 0.799. The molecule has 2 atom stereocenters. The van der Waals surface area contributed by atoms with E-state index in [1.54, 1.807) is 0 Å². The molecule has 0 saturated heterocycles. The van der Waals surface area contributed by atoms with Crippen LogP contribution in [0.5, 0.6) is 0 Å². The Balaban J connectivity index is 2.08. The van der Waals surface area contributed by atoms with Crippen LogP contribution in [0.4, 0.5) is 0 Å². The molecule has 1 aromatic heterocycles. The second kappa shape index (κ2) is 5.43. The van der Waals surface area contributed by atoms with Crippen molar-refractivity contribution in [3.05, 3.63) is 11.7 Å². The third-order valence-corrected chi connectivity index (χ3v) is 3.34. The SMILES string of the molecule is CCCc1noc(C2CCCCCC2N)n1. The number of hydrogen-bond donors (Lipinski definition) is 1. The summed E-state index contributed by atoms with van der Waals surface area (Å²) in [5, 5.41) is 4.00. The fourth-order valence-corrected chi connectivity index (χ4v) is 2.39. The second-order valence-electron chi connectivity index (χ2n) is 4.71. The molecule has 2 unspecified atom stereocenters. The lowest BCUT2D eigenvalue weighted by molar-refractivity contribution is 0.323. The highest BCUT2D eigenvalue weighted by atomic mass is 16.5. The smallest absolute Gasteiger partial charge is 0.231 e.